The lowest BCUT2D eigenvalue weighted by atomic mass is 10.1. The van der Waals surface area contributed by atoms with E-state index in [0.717, 1.165) is 0 Å². The van der Waals surface area contributed by atoms with Crippen LogP contribution < -0.4 is 0 Å². The molecule has 0 saturated heterocycles. The largest absolute Gasteiger partial charge is 0.373 e. The van der Waals surface area contributed by atoms with Crippen molar-refractivity contribution in [2.75, 3.05) is 12.9 Å². The SMILES string of the molecule is COC(C)(C)C(Cl)=C=CCS(=O)(=O)c1ccccc1. The van der Waals surface area contributed by atoms with Gasteiger partial charge in [-0.2, -0.15) is 0 Å². The Morgan fingerprint density at radius 2 is 1.95 bits per heavy atom. The van der Waals surface area contributed by atoms with Gasteiger partial charge in [0.05, 0.1) is 15.7 Å². The van der Waals surface area contributed by atoms with E-state index in [-0.39, 0.29) is 10.6 Å². The first-order chi connectivity index (χ1) is 8.79. The van der Waals surface area contributed by atoms with Gasteiger partial charge in [0.1, 0.15) is 5.60 Å². The van der Waals surface area contributed by atoms with E-state index in [2.05, 4.69) is 5.73 Å². The second-order valence-electron chi connectivity index (χ2n) is 4.47. The van der Waals surface area contributed by atoms with Crippen molar-refractivity contribution in [2.24, 2.45) is 0 Å². The van der Waals surface area contributed by atoms with E-state index >= 15 is 0 Å². The van der Waals surface area contributed by atoms with Gasteiger partial charge in [-0.05, 0) is 32.1 Å². The van der Waals surface area contributed by atoms with Gasteiger partial charge in [-0.1, -0.05) is 29.8 Å². The van der Waals surface area contributed by atoms with E-state index in [1.807, 2.05) is 0 Å². The molecule has 0 atom stereocenters. The van der Waals surface area contributed by atoms with Crippen LogP contribution in [0.4, 0.5) is 0 Å². The molecule has 19 heavy (non-hydrogen) atoms. The highest BCUT2D eigenvalue weighted by atomic mass is 35.5. The number of ether oxygens (including phenoxy) is 1. The molecule has 0 aliphatic heterocycles. The Morgan fingerprint density at radius 1 is 1.37 bits per heavy atom. The van der Waals surface area contributed by atoms with Crippen LogP contribution in [-0.2, 0) is 14.6 Å². The molecular formula is C14H17ClO3S. The van der Waals surface area contributed by atoms with E-state index in [4.69, 9.17) is 16.3 Å². The van der Waals surface area contributed by atoms with E-state index in [1.165, 1.54) is 13.2 Å². The van der Waals surface area contributed by atoms with Crippen molar-refractivity contribution in [1.82, 2.24) is 0 Å². The number of methoxy groups -OCH3 is 1. The Balaban J connectivity index is 2.91. The summed E-state index contributed by atoms with van der Waals surface area (Å²) in [5.74, 6) is -0.146. The van der Waals surface area contributed by atoms with Gasteiger partial charge in [-0.25, -0.2) is 8.42 Å². The van der Waals surface area contributed by atoms with Crippen molar-refractivity contribution < 1.29 is 13.2 Å². The van der Waals surface area contributed by atoms with Crippen LogP contribution in [0.5, 0.6) is 0 Å². The van der Waals surface area contributed by atoms with Crippen LogP contribution in [-0.4, -0.2) is 26.9 Å². The molecule has 1 rings (SSSR count). The van der Waals surface area contributed by atoms with Crippen LogP contribution in [0, 0.1) is 0 Å². The topological polar surface area (TPSA) is 43.4 Å². The molecule has 0 amide bonds. The van der Waals surface area contributed by atoms with Gasteiger partial charge in [0.25, 0.3) is 0 Å². The molecule has 0 heterocycles. The summed E-state index contributed by atoms with van der Waals surface area (Å²) in [5, 5.41) is 0.332. The zero-order valence-electron chi connectivity index (χ0n) is 11.2. The minimum absolute atomic E-state index is 0.146. The zero-order valence-corrected chi connectivity index (χ0v) is 12.8. The number of hydrogen-bond acceptors (Lipinski definition) is 3. The number of hydrogen-bond donors (Lipinski definition) is 0. The first-order valence-electron chi connectivity index (χ1n) is 5.74. The third kappa shape index (κ3) is 4.51. The van der Waals surface area contributed by atoms with Gasteiger partial charge in [0.15, 0.2) is 9.84 Å². The second kappa shape index (κ2) is 6.40. The summed E-state index contributed by atoms with van der Waals surface area (Å²) in [7, 11) is -1.81. The first-order valence-corrected chi connectivity index (χ1v) is 7.77. The van der Waals surface area contributed by atoms with Gasteiger partial charge in [0.2, 0.25) is 0 Å². The van der Waals surface area contributed by atoms with Crippen molar-refractivity contribution in [3.05, 3.63) is 47.2 Å². The normalized spacial score (nSPS) is 11.8. The fourth-order valence-electron chi connectivity index (χ4n) is 1.23. The number of sulfone groups is 1. The van der Waals surface area contributed by atoms with Crippen molar-refractivity contribution in [3.8, 4) is 0 Å². The summed E-state index contributed by atoms with van der Waals surface area (Å²) in [6.07, 6.45) is 1.41. The molecule has 5 heteroatoms. The van der Waals surface area contributed by atoms with Gasteiger partial charge < -0.3 is 4.74 Å². The van der Waals surface area contributed by atoms with Crippen LogP contribution >= 0.6 is 11.6 Å². The summed E-state index contributed by atoms with van der Waals surface area (Å²) >= 11 is 6.00. The maximum Gasteiger partial charge on any atom is 0.182 e. The third-order valence-electron chi connectivity index (χ3n) is 2.67. The molecule has 0 radical (unpaired) electrons. The van der Waals surface area contributed by atoms with Gasteiger partial charge in [-0.3, -0.25) is 0 Å². The van der Waals surface area contributed by atoms with E-state index in [1.54, 1.807) is 44.2 Å². The van der Waals surface area contributed by atoms with Gasteiger partial charge in [0, 0.05) is 7.11 Å². The second-order valence-corrected chi connectivity index (χ2v) is 6.88. The molecule has 0 spiro atoms. The van der Waals surface area contributed by atoms with Crippen molar-refractivity contribution in [2.45, 2.75) is 24.3 Å². The van der Waals surface area contributed by atoms with Crippen LogP contribution in [0.25, 0.3) is 0 Å². The lowest BCUT2D eigenvalue weighted by molar-refractivity contribution is 0.0617. The molecule has 1 aromatic rings. The molecule has 3 nitrogen and oxygen atoms in total. The molecule has 0 bridgehead atoms. The molecule has 0 aliphatic carbocycles. The molecule has 0 saturated carbocycles. The molecule has 104 valence electrons. The molecule has 0 aromatic heterocycles. The minimum atomic E-state index is -3.34. The highest BCUT2D eigenvalue weighted by Crippen LogP contribution is 2.22. The van der Waals surface area contributed by atoms with Crippen molar-refractivity contribution in [3.63, 3.8) is 0 Å². The maximum atomic E-state index is 12.0. The summed E-state index contributed by atoms with van der Waals surface area (Å²) in [5.41, 5.74) is 2.08. The van der Waals surface area contributed by atoms with Gasteiger partial charge >= 0.3 is 0 Å². The lowest BCUT2D eigenvalue weighted by Crippen LogP contribution is -2.22. The highest BCUT2D eigenvalue weighted by molar-refractivity contribution is 7.91. The molecule has 0 aliphatic rings. The summed E-state index contributed by atoms with van der Waals surface area (Å²) in [4.78, 5) is 0.287. The van der Waals surface area contributed by atoms with Gasteiger partial charge in [-0.15, -0.1) is 5.73 Å². The van der Waals surface area contributed by atoms with E-state index in [0.29, 0.717) is 5.03 Å². The Bertz CT molecular complexity index is 582. The third-order valence-corrected chi connectivity index (χ3v) is 4.83. The van der Waals surface area contributed by atoms with E-state index in [9.17, 15) is 8.42 Å². The van der Waals surface area contributed by atoms with Crippen LogP contribution in [0.1, 0.15) is 13.8 Å². The Morgan fingerprint density at radius 3 is 2.47 bits per heavy atom. The summed E-state index contributed by atoms with van der Waals surface area (Å²) < 4.78 is 29.1. The fourth-order valence-corrected chi connectivity index (χ4v) is 2.45. The number of benzene rings is 1. The molecule has 0 fully saturated rings. The average molecular weight is 301 g/mol. The van der Waals surface area contributed by atoms with Crippen LogP contribution in [0.3, 0.4) is 0 Å². The van der Waals surface area contributed by atoms with Crippen molar-refractivity contribution >= 4 is 21.4 Å². The summed E-state index contributed by atoms with van der Waals surface area (Å²) in [6, 6.07) is 8.27. The predicted molar refractivity (Wildman–Crippen MR) is 77.0 cm³/mol. The van der Waals surface area contributed by atoms with Crippen molar-refractivity contribution in [1.29, 1.82) is 0 Å². The molecule has 0 unspecified atom stereocenters. The Hall–Kier alpha value is -1.06. The minimum Gasteiger partial charge on any atom is -0.373 e. The Labute approximate surface area is 119 Å². The van der Waals surface area contributed by atoms with Crippen LogP contribution in [0.15, 0.2) is 52.1 Å². The summed E-state index contributed by atoms with van der Waals surface area (Å²) in [6.45, 7) is 3.56. The quantitative estimate of drug-likeness (QED) is 0.785. The monoisotopic (exact) mass is 300 g/mol. The van der Waals surface area contributed by atoms with E-state index < -0.39 is 15.4 Å². The predicted octanol–water partition coefficient (Wildman–Crippen LogP) is 3.16. The fraction of sp³-hybridized carbons (Fsp3) is 0.357. The molecule has 1 aromatic carbocycles. The first kappa shape index (κ1) is 16.0. The lowest BCUT2D eigenvalue weighted by Gasteiger charge is -2.20. The molecular weight excluding hydrogens is 284 g/mol. The Kier molecular flexibility index (Phi) is 5.39. The van der Waals surface area contributed by atoms with Crippen LogP contribution in [0.2, 0.25) is 0 Å². The standard InChI is InChI=1S/C14H17ClO3S/c1-14(2,18-3)13(15)10-7-11-19(16,17)12-8-5-4-6-9-12/h4-9H,11H2,1-3H3. The number of halogens is 1. The highest BCUT2D eigenvalue weighted by Gasteiger charge is 2.20. The average Bonchev–Trinajstić information content (AvgIpc) is 2.39. The number of rotatable bonds is 5. The zero-order chi connectivity index (χ0) is 14.5. The maximum absolute atomic E-state index is 12.0. The molecule has 0 N–H and O–H groups in total. The smallest absolute Gasteiger partial charge is 0.182 e.